The van der Waals surface area contributed by atoms with Gasteiger partial charge in [0, 0.05) is 6.42 Å². The summed E-state index contributed by atoms with van der Waals surface area (Å²) in [5, 5.41) is 48.0. The number of rotatable bonds is 18. The van der Waals surface area contributed by atoms with Crippen LogP contribution in [-0.2, 0) is 38.4 Å². The van der Waals surface area contributed by atoms with Crippen LogP contribution < -0.4 is 37.6 Å². The van der Waals surface area contributed by atoms with Gasteiger partial charge in [0.2, 0.25) is 35.4 Å². The van der Waals surface area contributed by atoms with E-state index in [2.05, 4.69) is 26.6 Å². The van der Waals surface area contributed by atoms with Gasteiger partial charge in [0.1, 0.15) is 18.6 Å². The molecule has 0 aliphatic carbocycles. The van der Waals surface area contributed by atoms with Crippen molar-refractivity contribution in [2.24, 2.45) is 5.73 Å². The van der Waals surface area contributed by atoms with Gasteiger partial charge in [0.25, 0.3) is 0 Å². The summed E-state index contributed by atoms with van der Waals surface area (Å²) in [7, 11) is 0. The fraction of sp³-hybridized carbons (Fsp3) is 0.579. The highest BCUT2D eigenvalue weighted by Crippen LogP contribution is 1.96. The van der Waals surface area contributed by atoms with Gasteiger partial charge in [-0.15, -0.1) is 0 Å². The number of aliphatic hydroxyl groups excluding tert-OH is 2. The van der Waals surface area contributed by atoms with E-state index in [9.17, 15) is 43.5 Å². The molecule has 0 radical (unpaired) electrons. The zero-order valence-corrected chi connectivity index (χ0v) is 20.0. The number of hydrogen-bond acceptors (Lipinski definition) is 11. The second kappa shape index (κ2) is 18.0. The van der Waals surface area contributed by atoms with E-state index in [1.165, 1.54) is 0 Å². The van der Waals surface area contributed by atoms with Gasteiger partial charge in [-0.2, -0.15) is 0 Å². The second-order valence-electron chi connectivity index (χ2n) is 7.47. The maximum atomic E-state index is 12.1. The predicted molar refractivity (Wildman–Crippen MR) is 123 cm³/mol. The minimum Gasteiger partial charge on any atom is -0.481 e. The molecule has 0 heterocycles. The molecule has 19 nitrogen and oxygen atoms in total. The SMILES string of the molecule is N[C@@H](CCC(=O)O)C(=O)N[C@@H](CO)C(=O)NCC(=O)NCC(=O)NCC(=O)N[C@@H](CO)C(=O)NCC(=O)O. The first-order chi connectivity index (χ1) is 17.8. The van der Waals surface area contributed by atoms with E-state index in [0.717, 1.165) is 0 Å². The van der Waals surface area contributed by atoms with E-state index in [4.69, 9.17) is 21.1 Å². The maximum absolute atomic E-state index is 12.1. The second-order valence-corrected chi connectivity index (χ2v) is 7.47. The molecule has 0 saturated carbocycles. The molecule has 0 unspecified atom stereocenters. The molecule has 0 rings (SSSR count). The van der Waals surface area contributed by atoms with Gasteiger partial charge >= 0.3 is 11.9 Å². The van der Waals surface area contributed by atoms with Crippen LogP contribution in [0.5, 0.6) is 0 Å². The number of carbonyl (C=O) groups is 8. The van der Waals surface area contributed by atoms with Crippen molar-refractivity contribution in [1.29, 1.82) is 0 Å². The molecule has 38 heavy (non-hydrogen) atoms. The summed E-state index contributed by atoms with van der Waals surface area (Å²) in [6.45, 7) is -4.36. The number of aliphatic carboxylic acids is 2. The third-order valence-corrected chi connectivity index (χ3v) is 4.39. The maximum Gasteiger partial charge on any atom is 0.322 e. The molecule has 0 aromatic carbocycles. The Morgan fingerprint density at radius 2 is 1.03 bits per heavy atom. The van der Waals surface area contributed by atoms with Gasteiger partial charge < -0.3 is 58.1 Å². The van der Waals surface area contributed by atoms with Crippen molar-refractivity contribution in [3.05, 3.63) is 0 Å². The van der Waals surface area contributed by atoms with Crippen LogP contribution in [0.15, 0.2) is 0 Å². The first-order valence-corrected chi connectivity index (χ1v) is 10.9. The van der Waals surface area contributed by atoms with Crippen LogP contribution in [0.4, 0.5) is 0 Å². The van der Waals surface area contributed by atoms with Gasteiger partial charge in [-0.3, -0.25) is 38.4 Å². The van der Waals surface area contributed by atoms with Crippen LogP contribution in [0, 0.1) is 0 Å². The number of carbonyl (C=O) groups excluding carboxylic acids is 6. The minimum atomic E-state index is -1.48. The largest absolute Gasteiger partial charge is 0.481 e. The molecule has 0 aliphatic heterocycles. The van der Waals surface area contributed by atoms with Crippen molar-refractivity contribution < 1.29 is 58.8 Å². The number of carboxylic acids is 2. The molecular weight excluding hydrogens is 518 g/mol. The van der Waals surface area contributed by atoms with Crippen LogP contribution in [0.1, 0.15) is 12.8 Å². The molecule has 0 spiro atoms. The Bertz CT molecular complexity index is 897. The number of nitrogens with two attached hydrogens (primary N) is 1. The normalized spacial score (nSPS) is 12.6. The molecular formula is C19H31N7O12. The third kappa shape index (κ3) is 14.9. The third-order valence-electron chi connectivity index (χ3n) is 4.39. The highest BCUT2D eigenvalue weighted by atomic mass is 16.4. The fourth-order valence-electron chi connectivity index (χ4n) is 2.38. The highest BCUT2D eigenvalue weighted by molar-refractivity contribution is 5.94. The zero-order valence-electron chi connectivity index (χ0n) is 20.0. The van der Waals surface area contributed by atoms with Crippen LogP contribution >= 0.6 is 0 Å². The van der Waals surface area contributed by atoms with Gasteiger partial charge in [-0.05, 0) is 6.42 Å². The lowest BCUT2D eigenvalue weighted by atomic mass is 10.1. The van der Waals surface area contributed by atoms with Crippen LogP contribution in [0.25, 0.3) is 0 Å². The van der Waals surface area contributed by atoms with Crippen molar-refractivity contribution in [3.8, 4) is 0 Å². The first kappa shape index (κ1) is 33.6. The lowest BCUT2D eigenvalue weighted by Gasteiger charge is -2.18. The molecule has 3 atom stereocenters. The van der Waals surface area contributed by atoms with E-state index >= 15 is 0 Å². The quantitative estimate of drug-likeness (QED) is 0.0757. The van der Waals surface area contributed by atoms with E-state index in [1.54, 1.807) is 0 Å². The van der Waals surface area contributed by atoms with Crippen LogP contribution in [0.3, 0.4) is 0 Å². The number of hydrogen-bond donors (Lipinski definition) is 11. The topological polar surface area (TPSA) is 316 Å². The summed E-state index contributed by atoms with van der Waals surface area (Å²) >= 11 is 0. The van der Waals surface area contributed by atoms with Gasteiger partial charge in [0.15, 0.2) is 0 Å². The highest BCUT2D eigenvalue weighted by Gasteiger charge is 2.24. The van der Waals surface area contributed by atoms with Crippen molar-refractivity contribution >= 4 is 47.4 Å². The summed E-state index contributed by atoms with van der Waals surface area (Å²) in [5.74, 6) is -7.94. The van der Waals surface area contributed by atoms with Gasteiger partial charge in [0.05, 0.1) is 38.9 Å². The summed E-state index contributed by atoms with van der Waals surface area (Å²) in [5.41, 5.74) is 5.50. The predicted octanol–water partition coefficient (Wildman–Crippen LogP) is -7.32. The Hall–Kier alpha value is -4.36. The summed E-state index contributed by atoms with van der Waals surface area (Å²) in [6, 6.07) is -4.20. The monoisotopic (exact) mass is 549 g/mol. The lowest BCUT2D eigenvalue weighted by Crippen LogP contribution is -2.54. The van der Waals surface area contributed by atoms with E-state index in [1.807, 2.05) is 5.32 Å². The Kier molecular flexibility index (Phi) is 15.9. The number of aliphatic hydroxyl groups is 2. The van der Waals surface area contributed by atoms with Gasteiger partial charge in [-0.1, -0.05) is 0 Å². The zero-order chi connectivity index (χ0) is 29.3. The smallest absolute Gasteiger partial charge is 0.322 e. The molecule has 0 aliphatic rings. The Morgan fingerprint density at radius 1 is 0.579 bits per heavy atom. The van der Waals surface area contributed by atoms with Crippen molar-refractivity contribution in [1.82, 2.24) is 31.9 Å². The van der Waals surface area contributed by atoms with Gasteiger partial charge in [-0.25, -0.2) is 0 Å². The molecule has 12 N–H and O–H groups in total. The first-order valence-electron chi connectivity index (χ1n) is 10.9. The molecule has 0 aromatic heterocycles. The average Bonchev–Trinajstić information content (AvgIpc) is 2.87. The summed E-state index contributed by atoms with van der Waals surface area (Å²) in [4.78, 5) is 92.0. The average molecular weight is 549 g/mol. The van der Waals surface area contributed by atoms with E-state index in [0.29, 0.717) is 0 Å². The standard InChI is InChI=1S/C19H31N7O12/c20-9(1-2-15(32)33)17(36)26-11(8-28)19(38)23-4-13(30)21-3-12(29)22-5-14(31)25-10(7-27)18(37)24-6-16(34)35/h9-11,27-28H,1-8,20H2,(H,21,30)(H,22,29)(H,23,38)(H,24,37)(H,25,31)(H,26,36)(H,32,33)(H,34,35)/t9-,10-,11-/m0/s1. The molecule has 0 saturated heterocycles. The molecule has 0 aromatic rings. The lowest BCUT2D eigenvalue weighted by molar-refractivity contribution is -0.139. The fourth-order valence-corrected chi connectivity index (χ4v) is 2.38. The van der Waals surface area contributed by atoms with E-state index < -0.39 is 111 Å². The number of carboxylic acid groups (broad SMARTS) is 2. The molecule has 19 heteroatoms. The minimum absolute atomic E-state index is 0.211. The number of amides is 6. The Morgan fingerprint density at radius 3 is 1.50 bits per heavy atom. The number of nitrogens with one attached hydrogen (secondary N) is 6. The van der Waals surface area contributed by atoms with E-state index in [-0.39, 0.29) is 6.42 Å². The van der Waals surface area contributed by atoms with Crippen molar-refractivity contribution in [2.45, 2.75) is 31.0 Å². The Labute approximate surface area is 214 Å². The van der Waals surface area contributed by atoms with Crippen molar-refractivity contribution in [3.63, 3.8) is 0 Å². The summed E-state index contributed by atoms with van der Waals surface area (Å²) in [6.07, 6.45) is -0.602. The Balaban J connectivity index is 4.38. The van der Waals surface area contributed by atoms with Crippen LogP contribution in [0.2, 0.25) is 0 Å². The molecule has 214 valence electrons. The molecule has 6 amide bonds. The van der Waals surface area contributed by atoms with Crippen molar-refractivity contribution in [2.75, 3.05) is 39.4 Å². The molecule has 0 bridgehead atoms. The molecule has 0 fully saturated rings. The summed E-state index contributed by atoms with van der Waals surface area (Å²) < 4.78 is 0. The van der Waals surface area contributed by atoms with Crippen LogP contribution in [-0.4, -0.2) is 125 Å².